The van der Waals surface area contributed by atoms with E-state index in [0.717, 1.165) is 11.4 Å². The van der Waals surface area contributed by atoms with Crippen LogP contribution in [0.5, 0.6) is 0 Å². The molecule has 0 radical (unpaired) electrons. The summed E-state index contributed by atoms with van der Waals surface area (Å²) in [5.74, 6) is 0. The number of para-hydroxylation sites is 4. The van der Waals surface area contributed by atoms with E-state index in [1.807, 2.05) is 0 Å². The van der Waals surface area contributed by atoms with E-state index in [9.17, 15) is 0 Å². The van der Waals surface area contributed by atoms with E-state index in [0.29, 0.717) is 0 Å². The number of nitrogens with zero attached hydrogens (tertiary/aromatic N) is 2. The monoisotopic (exact) mass is 636 g/mol. The topological polar surface area (TPSA) is 9.86 Å². The molecule has 8 aromatic carbocycles. The zero-order valence-corrected chi connectivity index (χ0v) is 27.4. The van der Waals surface area contributed by atoms with E-state index in [1.54, 1.807) is 0 Å². The van der Waals surface area contributed by atoms with E-state index in [2.05, 4.69) is 203 Å². The summed E-state index contributed by atoms with van der Waals surface area (Å²) < 4.78 is 4.80. The highest BCUT2D eigenvalue weighted by Crippen LogP contribution is 2.37. The van der Waals surface area contributed by atoms with Crippen LogP contribution >= 0.6 is 0 Å². The van der Waals surface area contributed by atoms with Crippen LogP contribution in [0.15, 0.2) is 194 Å². The summed E-state index contributed by atoms with van der Waals surface area (Å²) in [6, 6.07) is 70.5. The lowest BCUT2D eigenvalue weighted by Gasteiger charge is -2.15. The molecule has 0 amide bonds. The average Bonchev–Trinajstić information content (AvgIpc) is 3.71. The lowest BCUT2D eigenvalue weighted by atomic mass is 9.96. The van der Waals surface area contributed by atoms with Gasteiger partial charge in [-0.3, -0.25) is 0 Å². The Morgan fingerprint density at radius 2 is 0.540 bits per heavy atom. The molecule has 0 unspecified atom stereocenters. The molecule has 0 atom stereocenters. The third kappa shape index (κ3) is 4.57. The van der Waals surface area contributed by atoms with Gasteiger partial charge in [0.25, 0.3) is 0 Å². The fraction of sp³-hybridized carbons (Fsp3) is 0. The van der Waals surface area contributed by atoms with Gasteiger partial charge in [-0.2, -0.15) is 0 Å². The van der Waals surface area contributed by atoms with Crippen molar-refractivity contribution in [3.8, 4) is 44.8 Å². The number of hydrogen-bond donors (Lipinski definition) is 0. The van der Waals surface area contributed by atoms with Crippen molar-refractivity contribution in [1.82, 2.24) is 9.13 Å². The molecule has 234 valence electrons. The Hall–Kier alpha value is -6.64. The molecule has 0 aliphatic rings. The van der Waals surface area contributed by atoms with Crippen molar-refractivity contribution in [2.45, 2.75) is 0 Å². The fourth-order valence-electron chi connectivity index (χ4n) is 7.76. The summed E-state index contributed by atoms with van der Waals surface area (Å²) in [6.07, 6.45) is 0. The minimum atomic E-state index is 1.15. The van der Waals surface area contributed by atoms with Crippen LogP contribution in [0.3, 0.4) is 0 Å². The highest BCUT2D eigenvalue weighted by molar-refractivity contribution is 6.10. The van der Waals surface area contributed by atoms with E-state index >= 15 is 0 Å². The predicted molar refractivity (Wildman–Crippen MR) is 211 cm³/mol. The molecule has 2 nitrogen and oxygen atoms in total. The van der Waals surface area contributed by atoms with Crippen molar-refractivity contribution in [3.05, 3.63) is 194 Å². The second kappa shape index (κ2) is 11.5. The highest BCUT2D eigenvalue weighted by Gasteiger charge is 2.15. The third-order valence-corrected chi connectivity index (χ3v) is 10.1. The molecular weight excluding hydrogens is 605 g/mol. The lowest BCUT2D eigenvalue weighted by molar-refractivity contribution is 1.18. The van der Waals surface area contributed by atoms with Gasteiger partial charge in [-0.15, -0.1) is 0 Å². The molecule has 50 heavy (non-hydrogen) atoms. The van der Waals surface area contributed by atoms with Crippen LogP contribution in [0.2, 0.25) is 0 Å². The Kier molecular flexibility index (Phi) is 6.53. The molecule has 2 heteroatoms. The fourth-order valence-corrected chi connectivity index (χ4v) is 7.76. The van der Waals surface area contributed by atoms with Crippen LogP contribution in [0.4, 0.5) is 0 Å². The van der Waals surface area contributed by atoms with Gasteiger partial charge in [0.2, 0.25) is 0 Å². The van der Waals surface area contributed by atoms with Gasteiger partial charge in [0.05, 0.1) is 22.1 Å². The minimum Gasteiger partial charge on any atom is -0.309 e. The molecule has 0 aliphatic heterocycles. The predicted octanol–water partition coefficient (Wildman–Crippen LogP) is 12.9. The summed E-state index contributed by atoms with van der Waals surface area (Å²) in [7, 11) is 0. The normalized spacial score (nSPS) is 11.6. The molecular formula is C48H32N2. The zero-order chi connectivity index (χ0) is 33.0. The summed E-state index contributed by atoms with van der Waals surface area (Å²) in [5, 5.41) is 5.07. The van der Waals surface area contributed by atoms with Crippen LogP contribution in [-0.2, 0) is 0 Å². The van der Waals surface area contributed by atoms with E-state index in [4.69, 9.17) is 0 Å². The van der Waals surface area contributed by atoms with Gasteiger partial charge < -0.3 is 9.13 Å². The molecule has 10 rings (SSSR count). The second-order valence-electron chi connectivity index (χ2n) is 13.0. The number of aromatic nitrogens is 2. The van der Waals surface area contributed by atoms with Crippen molar-refractivity contribution >= 4 is 43.6 Å². The highest BCUT2D eigenvalue weighted by atomic mass is 15.0. The SMILES string of the molecule is c1ccc(-c2ccc(-c3cc(-c4ccc(-n5c6ccccc6c6ccccc65)cc4)cc(-n4c5ccccc5c5ccccc54)c3)cc2)cc1. The first kappa shape index (κ1) is 28.4. The first-order valence-electron chi connectivity index (χ1n) is 17.2. The minimum absolute atomic E-state index is 1.15. The van der Waals surface area contributed by atoms with E-state index < -0.39 is 0 Å². The molecule has 0 saturated carbocycles. The summed E-state index contributed by atoms with van der Waals surface area (Å²) >= 11 is 0. The molecule has 0 aliphatic carbocycles. The van der Waals surface area contributed by atoms with Crippen LogP contribution in [0, 0.1) is 0 Å². The van der Waals surface area contributed by atoms with Crippen LogP contribution in [0.25, 0.3) is 88.4 Å². The summed E-state index contributed by atoms with van der Waals surface area (Å²) in [5.41, 5.74) is 14.3. The van der Waals surface area contributed by atoms with Gasteiger partial charge in [-0.05, 0) is 88.0 Å². The van der Waals surface area contributed by atoms with Gasteiger partial charge in [0, 0.05) is 32.9 Å². The maximum Gasteiger partial charge on any atom is 0.0541 e. The van der Waals surface area contributed by atoms with Crippen molar-refractivity contribution in [2.24, 2.45) is 0 Å². The van der Waals surface area contributed by atoms with Crippen LogP contribution < -0.4 is 0 Å². The molecule has 0 spiro atoms. The van der Waals surface area contributed by atoms with Crippen LogP contribution in [0.1, 0.15) is 0 Å². The van der Waals surface area contributed by atoms with E-state index in [-0.39, 0.29) is 0 Å². The van der Waals surface area contributed by atoms with Crippen molar-refractivity contribution in [2.75, 3.05) is 0 Å². The smallest absolute Gasteiger partial charge is 0.0541 e. The molecule has 0 N–H and O–H groups in total. The van der Waals surface area contributed by atoms with Gasteiger partial charge in [-0.25, -0.2) is 0 Å². The largest absolute Gasteiger partial charge is 0.309 e. The molecule has 10 aromatic rings. The summed E-state index contributed by atoms with van der Waals surface area (Å²) in [4.78, 5) is 0. The number of benzene rings is 8. The van der Waals surface area contributed by atoms with Gasteiger partial charge in [-0.1, -0.05) is 140 Å². The van der Waals surface area contributed by atoms with Crippen LogP contribution in [-0.4, -0.2) is 9.13 Å². The quantitative estimate of drug-likeness (QED) is 0.178. The second-order valence-corrected chi connectivity index (χ2v) is 13.0. The van der Waals surface area contributed by atoms with Crippen molar-refractivity contribution < 1.29 is 0 Å². The Labute approximate surface area is 290 Å². The summed E-state index contributed by atoms with van der Waals surface area (Å²) in [6.45, 7) is 0. The maximum atomic E-state index is 2.42. The first-order valence-corrected chi connectivity index (χ1v) is 17.2. The standard InChI is InChI=1S/C48H32N2/c1-2-12-33(13-3-1)34-22-24-35(25-23-34)37-30-38(32-40(31-37)50-47-20-10-6-16-43(47)44-17-7-11-21-48(44)50)36-26-28-39(29-27-36)49-45-18-8-4-14-41(45)42-15-5-9-19-46(42)49/h1-32H. The third-order valence-electron chi connectivity index (χ3n) is 10.1. The molecule has 0 saturated heterocycles. The molecule has 0 bridgehead atoms. The number of hydrogen-bond acceptors (Lipinski definition) is 0. The molecule has 2 heterocycles. The van der Waals surface area contributed by atoms with Crippen molar-refractivity contribution in [1.29, 1.82) is 0 Å². The average molecular weight is 637 g/mol. The molecule has 2 aromatic heterocycles. The Balaban J connectivity index is 1.15. The number of fused-ring (bicyclic) bond motifs is 6. The Bertz CT molecular complexity index is 2730. The Morgan fingerprint density at radius 3 is 0.980 bits per heavy atom. The van der Waals surface area contributed by atoms with E-state index in [1.165, 1.54) is 77.0 Å². The van der Waals surface area contributed by atoms with Crippen molar-refractivity contribution in [3.63, 3.8) is 0 Å². The maximum absolute atomic E-state index is 2.42. The van der Waals surface area contributed by atoms with Gasteiger partial charge in [0.1, 0.15) is 0 Å². The Morgan fingerprint density at radius 1 is 0.220 bits per heavy atom. The lowest BCUT2D eigenvalue weighted by Crippen LogP contribution is -1.96. The molecule has 0 fully saturated rings. The van der Waals surface area contributed by atoms with Gasteiger partial charge in [0.15, 0.2) is 0 Å². The zero-order valence-electron chi connectivity index (χ0n) is 27.4. The van der Waals surface area contributed by atoms with Gasteiger partial charge >= 0.3 is 0 Å². The number of rotatable bonds is 5. The first-order chi connectivity index (χ1) is 24.8.